The summed E-state index contributed by atoms with van der Waals surface area (Å²) in [6.45, 7) is 5.33. The SMILES string of the molecule is CCCNC(=O)NC1CCN(CC(N)=S)CC1. The molecule has 0 spiro atoms. The van der Waals surface area contributed by atoms with Crippen molar-refractivity contribution in [1.29, 1.82) is 0 Å². The summed E-state index contributed by atoms with van der Waals surface area (Å²) < 4.78 is 0. The minimum atomic E-state index is -0.0559. The van der Waals surface area contributed by atoms with Gasteiger partial charge < -0.3 is 16.4 Å². The van der Waals surface area contributed by atoms with E-state index in [2.05, 4.69) is 15.5 Å². The number of rotatable bonds is 5. The van der Waals surface area contributed by atoms with Gasteiger partial charge in [0.2, 0.25) is 0 Å². The van der Waals surface area contributed by atoms with Gasteiger partial charge in [-0.3, -0.25) is 4.90 Å². The first kappa shape index (κ1) is 14.2. The highest BCUT2D eigenvalue weighted by Crippen LogP contribution is 2.09. The molecule has 0 radical (unpaired) electrons. The predicted molar refractivity (Wildman–Crippen MR) is 73.1 cm³/mol. The zero-order chi connectivity index (χ0) is 12.7. The molecule has 5 nitrogen and oxygen atoms in total. The number of piperidine rings is 1. The zero-order valence-electron chi connectivity index (χ0n) is 10.4. The smallest absolute Gasteiger partial charge is 0.315 e. The van der Waals surface area contributed by atoms with Crippen molar-refractivity contribution in [3.63, 3.8) is 0 Å². The molecular formula is C11H22N4OS. The van der Waals surface area contributed by atoms with Crippen LogP contribution in [0.3, 0.4) is 0 Å². The number of carbonyl (C=O) groups excluding carboxylic acids is 1. The van der Waals surface area contributed by atoms with E-state index in [9.17, 15) is 4.79 Å². The maximum Gasteiger partial charge on any atom is 0.315 e. The topological polar surface area (TPSA) is 70.4 Å². The Kier molecular flexibility index (Phi) is 6.21. The molecule has 0 unspecified atom stereocenters. The molecule has 0 saturated carbocycles. The van der Waals surface area contributed by atoms with Crippen LogP contribution in [-0.4, -0.2) is 48.1 Å². The standard InChI is InChI=1S/C11H22N4OS/c1-2-5-13-11(16)14-9-3-6-15(7-4-9)8-10(12)17/h9H,2-8H2,1H3,(H2,12,17)(H2,13,14,16). The van der Waals surface area contributed by atoms with Crippen molar-refractivity contribution in [2.24, 2.45) is 5.73 Å². The first-order valence-electron chi connectivity index (χ1n) is 6.16. The van der Waals surface area contributed by atoms with E-state index < -0.39 is 0 Å². The van der Waals surface area contributed by atoms with Gasteiger partial charge >= 0.3 is 6.03 Å². The van der Waals surface area contributed by atoms with Crippen LogP contribution in [0.5, 0.6) is 0 Å². The molecule has 0 bridgehead atoms. The fraction of sp³-hybridized carbons (Fsp3) is 0.818. The molecule has 2 amide bonds. The number of carbonyl (C=O) groups is 1. The second-order valence-electron chi connectivity index (χ2n) is 4.42. The van der Waals surface area contributed by atoms with Gasteiger partial charge in [0.1, 0.15) is 0 Å². The van der Waals surface area contributed by atoms with Crippen molar-refractivity contribution in [2.45, 2.75) is 32.2 Å². The van der Waals surface area contributed by atoms with Gasteiger partial charge in [-0.15, -0.1) is 0 Å². The van der Waals surface area contributed by atoms with Gasteiger partial charge in [-0.2, -0.15) is 0 Å². The third-order valence-corrected chi connectivity index (χ3v) is 2.97. The van der Waals surface area contributed by atoms with Crippen LogP contribution in [0.2, 0.25) is 0 Å². The van der Waals surface area contributed by atoms with Crippen LogP contribution in [-0.2, 0) is 0 Å². The molecule has 1 rings (SSSR count). The molecule has 0 aromatic heterocycles. The number of thiocarbonyl (C=S) groups is 1. The Labute approximate surface area is 108 Å². The molecule has 4 N–H and O–H groups in total. The minimum Gasteiger partial charge on any atom is -0.392 e. The minimum absolute atomic E-state index is 0.0559. The molecule has 1 aliphatic heterocycles. The maximum absolute atomic E-state index is 11.5. The first-order valence-corrected chi connectivity index (χ1v) is 6.57. The molecule has 0 aromatic rings. The molecular weight excluding hydrogens is 236 g/mol. The number of nitrogens with one attached hydrogen (secondary N) is 2. The van der Waals surface area contributed by atoms with Crippen molar-refractivity contribution < 1.29 is 4.79 Å². The van der Waals surface area contributed by atoms with Crippen LogP contribution in [0.4, 0.5) is 4.79 Å². The lowest BCUT2D eigenvalue weighted by molar-refractivity contribution is 0.207. The van der Waals surface area contributed by atoms with Gasteiger partial charge in [-0.05, 0) is 19.3 Å². The number of nitrogens with two attached hydrogens (primary N) is 1. The Balaban J connectivity index is 2.18. The summed E-state index contributed by atoms with van der Waals surface area (Å²) >= 11 is 4.88. The monoisotopic (exact) mass is 258 g/mol. The number of amides is 2. The molecule has 1 saturated heterocycles. The largest absolute Gasteiger partial charge is 0.392 e. The molecule has 1 fully saturated rings. The van der Waals surface area contributed by atoms with Crippen molar-refractivity contribution in [2.75, 3.05) is 26.2 Å². The quantitative estimate of drug-likeness (QED) is 0.626. The Morgan fingerprint density at radius 2 is 2.12 bits per heavy atom. The number of nitrogens with zero attached hydrogens (tertiary/aromatic N) is 1. The summed E-state index contributed by atoms with van der Waals surface area (Å²) in [5.74, 6) is 0. The van der Waals surface area contributed by atoms with E-state index >= 15 is 0 Å². The van der Waals surface area contributed by atoms with Crippen LogP contribution in [0.15, 0.2) is 0 Å². The second kappa shape index (κ2) is 7.45. The van der Waals surface area contributed by atoms with Gasteiger partial charge in [0.05, 0.1) is 4.99 Å². The molecule has 1 heterocycles. The predicted octanol–water partition coefficient (Wildman–Crippen LogP) is 0.446. The number of urea groups is 1. The van der Waals surface area contributed by atoms with Gasteiger partial charge in [0.25, 0.3) is 0 Å². The van der Waals surface area contributed by atoms with E-state index in [1.807, 2.05) is 6.92 Å². The van der Waals surface area contributed by atoms with E-state index in [1.54, 1.807) is 0 Å². The Bertz CT molecular complexity index is 264. The molecule has 0 atom stereocenters. The van der Waals surface area contributed by atoms with E-state index in [4.69, 9.17) is 18.0 Å². The third kappa shape index (κ3) is 5.83. The second-order valence-corrected chi connectivity index (χ2v) is 4.94. The Morgan fingerprint density at radius 3 is 2.65 bits per heavy atom. The van der Waals surface area contributed by atoms with Gasteiger partial charge in [0, 0.05) is 32.2 Å². The average molecular weight is 258 g/mol. The Morgan fingerprint density at radius 1 is 1.47 bits per heavy atom. The van der Waals surface area contributed by atoms with Crippen LogP contribution in [0, 0.1) is 0 Å². The first-order chi connectivity index (χ1) is 8.11. The number of hydrogen-bond acceptors (Lipinski definition) is 3. The lowest BCUT2D eigenvalue weighted by Gasteiger charge is -2.31. The lowest BCUT2D eigenvalue weighted by Crippen LogP contribution is -2.49. The van der Waals surface area contributed by atoms with E-state index in [1.165, 1.54) is 0 Å². The summed E-state index contributed by atoms with van der Waals surface area (Å²) in [4.78, 5) is 14.2. The van der Waals surface area contributed by atoms with Crippen LogP contribution >= 0.6 is 12.2 Å². The van der Waals surface area contributed by atoms with Crippen LogP contribution in [0.1, 0.15) is 26.2 Å². The normalized spacial score (nSPS) is 17.7. The average Bonchev–Trinajstić information content (AvgIpc) is 2.28. The summed E-state index contributed by atoms with van der Waals surface area (Å²) in [6, 6.07) is 0.217. The fourth-order valence-corrected chi connectivity index (χ4v) is 2.11. The molecule has 98 valence electrons. The summed E-state index contributed by atoms with van der Waals surface area (Å²) in [5.41, 5.74) is 5.50. The molecule has 1 aliphatic rings. The van der Waals surface area contributed by atoms with Crippen molar-refractivity contribution in [3.05, 3.63) is 0 Å². The molecule has 0 aromatic carbocycles. The third-order valence-electron chi connectivity index (χ3n) is 2.84. The highest BCUT2D eigenvalue weighted by atomic mass is 32.1. The summed E-state index contributed by atoms with van der Waals surface area (Å²) in [5, 5.41) is 5.81. The van der Waals surface area contributed by atoms with E-state index in [0.29, 0.717) is 11.5 Å². The number of hydrogen-bond donors (Lipinski definition) is 3. The zero-order valence-corrected chi connectivity index (χ0v) is 11.2. The van der Waals surface area contributed by atoms with Crippen molar-refractivity contribution in [1.82, 2.24) is 15.5 Å². The van der Waals surface area contributed by atoms with Gasteiger partial charge in [-0.25, -0.2) is 4.79 Å². The van der Waals surface area contributed by atoms with Crippen molar-refractivity contribution in [3.8, 4) is 0 Å². The van der Waals surface area contributed by atoms with Crippen molar-refractivity contribution >= 4 is 23.2 Å². The summed E-state index contributed by atoms with van der Waals surface area (Å²) in [6.07, 6.45) is 2.88. The highest BCUT2D eigenvalue weighted by molar-refractivity contribution is 7.80. The van der Waals surface area contributed by atoms with Gasteiger partial charge in [0.15, 0.2) is 0 Å². The van der Waals surface area contributed by atoms with Gasteiger partial charge in [-0.1, -0.05) is 19.1 Å². The van der Waals surface area contributed by atoms with E-state index in [-0.39, 0.29) is 12.1 Å². The number of likely N-dealkylation sites (tertiary alicyclic amines) is 1. The Hall–Kier alpha value is -0.880. The van der Waals surface area contributed by atoms with E-state index in [0.717, 1.165) is 38.9 Å². The fourth-order valence-electron chi connectivity index (χ4n) is 1.93. The molecule has 6 heteroatoms. The maximum atomic E-state index is 11.5. The summed E-state index contributed by atoms with van der Waals surface area (Å²) in [7, 11) is 0. The van der Waals surface area contributed by atoms with Crippen LogP contribution in [0.25, 0.3) is 0 Å². The van der Waals surface area contributed by atoms with Crippen LogP contribution < -0.4 is 16.4 Å². The molecule has 17 heavy (non-hydrogen) atoms. The highest BCUT2D eigenvalue weighted by Gasteiger charge is 2.20. The lowest BCUT2D eigenvalue weighted by atomic mass is 10.1. The molecule has 0 aliphatic carbocycles.